The number of rotatable bonds is 0. The van der Waals surface area contributed by atoms with Crippen LogP contribution in [0.5, 0.6) is 0 Å². The van der Waals surface area contributed by atoms with E-state index in [2.05, 4.69) is 25.0 Å². The van der Waals surface area contributed by atoms with Crippen LogP contribution in [0.25, 0.3) is 0 Å². The largest absolute Gasteiger partial charge is 0.0620 e. The van der Waals surface area contributed by atoms with Gasteiger partial charge >= 0.3 is 0 Å². The maximum Gasteiger partial charge on any atom is 0.0168 e. The monoisotopic (exact) mass is 128 g/mol. The van der Waals surface area contributed by atoms with Crippen molar-refractivity contribution in [1.29, 1.82) is 0 Å². The molecule has 0 saturated carbocycles. The Balaban J connectivity index is 2.41. The fourth-order valence-electron chi connectivity index (χ4n) is 1.19. The highest BCUT2D eigenvalue weighted by molar-refractivity contribution is 5.40. The van der Waals surface area contributed by atoms with Gasteiger partial charge in [0.25, 0.3) is 0 Å². The Morgan fingerprint density at radius 2 is 1.40 bits per heavy atom. The van der Waals surface area contributed by atoms with Crippen LogP contribution in [0.1, 0.15) is 24.0 Å². The van der Waals surface area contributed by atoms with E-state index in [0.29, 0.717) is 0 Å². The molecule has 0 aliphatic heterocycles. The molecule has 10 heavy (non-hydrogen) atoms. The van der Waals surface area contributed by atoms with E-state index in [4.69, 9.17) is 0 Å². The van der Waals surface area contributed by atoms with E-state index in [1.54, 1.807) is 0 Å². The molecule has 0 spiro atoms. The second kappa shape index (κ2) is 2.45. The maximum atomic E-state index is 3.30. The lowest BCUT2D eigenvalue weighted by molar-refractivity contribution is 0.902. The zero-order valence-electron chi connectivity index (χ0n) is 5.72. The Bertz CT molecular complexity index is 200. The van der Waals surface area contributed by atoms with Gasteiger partial charge in [0.15, 0.2) is 0 Å². The molecule has 0 N–H and O–H groups in total. The van der Waals surface area contributed by atoms with Crippen molar-refractivity contribution >= 4 is 0 Å². The summed E-state index contributed by atoms with van der Waals surface area (Å²) >= 11 is 0. The molecule has 0 heteroatoms. The molecule has 4 radical (unpaired) electrons. The Morgan fingerprint density at radius 1 is 0.900 bits per heavy atom. The Kier molecular flexibility index (Phi) is 1.46. The first-order valence-corrected chi connectivity index (χ1v) is 3.53. The van der Waals surface area contributed by atoms with Crippen LogP contribution in [-0.4, -0.2) is 0 Å². The van der Waals surface area contributed by atoms with Gasteiger partial charge in [-0.05, 0) is 24.0 Å². The van der Waals surface area contributed by atoms with Crippen LogP contribution in [0.2, 0.25) is 0 Å². The summed E-state index contributed by atoms with van der Waals surface area (Å²) < 4.78 is 0. The molecule has 0 heterocycles. The molecule has 0 saturated heterocycles. The van der Waals surface area contributed by atoms with Gasteiger partial charge in [0.2, 0.25) is 0 Å². The van der Waals surface area contributed by atoms with Crippen LogP contribution in [0, 0.1) is 12.8 Å². The van der Waals surface area contributed by atoms with Gasteiger partial charge in [-0.2, -0.15) is 0 Å². The van der Waals surface area contributed by atoms with Gasteiger partial charge in [-0.1, -0.05) is 24.3 Å². The van der Waals surface area contributed by atoms with Crippen LogP contribution in [0.3, 0.4) is 0 Å². The minimum absolute atomic E-state index is 1.02. The zero-order valence-corrected chi connectivity index (χ0v) is 5.72. The molecule has 0 nitrogen and oxygen atoms in total. The molecule has 1 aliphatic carbocycles. The first-order valence-electron chi connectivity index (χ1n) is 3.53. The topological polar surface area (TPSA) is 0 Å². The van der Waals surface area contributed by atoms with E-state index < -0.39 is 0 Å². The highest BCUT2D eigenvalue weighted by atomic mass is 14.1. The fourth-order valence-corrected chi connectivity index (χ4v) is 1.19. The predicted molar refractivity (Wildman–Crippen MR) is 40.4 cm³/mol. The molecule has 48 valence electrons. The molecule has 1 aliphatic rings. The van der Waals surface area contributed by atoms with Crippen molar-refractivity contribution in [2.45, 2.75) is 12.8 Å². The normalized spacial score (nSPS) is 16.4. The van der Waals surface area contributed by atoms with Crippen LogP contribution < -0.4 is 0 Å². The first-order chi connectivity index (χ1) is 4.97. The van der Waals surface area contributed by atoms with Crippen molar-refractivity contribution in [2.75, 3.05) is 0 Å². The summed E-state index contributed by atoms with van der Waals surface area (Å²) in [5, 5.41) is 0. The lowest BCUT2D eigenvalue weighted by Crippen LogP contribution is -1.96. The number of fused-ring (bicyclic) bond motifs is 1. The molecule has 2 rings (SSSR count). The fraction of sp³-hybridized carbons (Fsp3) is 0.200. The summed E-state index contributed by atoms with van der Waals surface area (Å²) in [7, 11) is 0. The van der Waals surface area contributed by atoms with E-state index in [1.165, 1.54) is 11.1 Å². The van der Waals surface area contributed by atoms with Crippen molar-refractivity contribution in [3.05, 3.63) is 48.2 Å². The first kappa shape index (κ1) is 5.96. The molecule has 0 amide bonds. The van der Waals surface area contributed by atoms with E-state index in [0.717, 1.165) is 12.8 Å². The van der Waals surface area contributed by atoms with Gasteiger partial charge in [0.05, 0.1) is 0 Å². The second-order valence-electron chi connectivity index (χ2n) is 2.40. The lowest BCUT2D eigenvalue weighted by atomic mass is 9.92. The Morgan fingerprint density at radius 3 is 1.90 bits per heavy atom. The van der Waals surface area contributed by atoms with Crippen molar-refractivity contribution < 1.29 is 0 Å². The SMILES string of the molecule is [C]1CC[C]c2ccccc21. The van der Waals surface area contributed by atoms with Crippen molar-refractivity contribution in [2.24, 2.45) is 0 Å². The third-order valence-electron chi connectivity index (χ3n) is 1.68. The summed E-state index contributed by atoms with van der Waals surface area (Å²) in [4.78, 5) is 0. The zero-order chi connectivity index (χ0) is 6.81. The van der Waals surface area contributed by atoms with Gasteiger partial charge in [0.1, 0.15) is 0 Å². The van der Waals surface area contributed by atoms with E-state index in [9.17, 15) is 0 Å². The third kappa shape index (κ3) is 0.942. The van der Waals surface area contributed by atoms with E-state index >= 15 is 0 Å². The number of hydrogen-bond acceptors (Lipinski definition) is 0. The summed E-state index contributed by atoms with van der Waals surface area (Å²) in [6, 6.07) is 8.25. The van der Waals surface area contributed by atoms with Crippen molar-refractivity contribution in [3.63, 3.8) is 0 Å². The number of benzene rings is 1. The molecule has 0 atom stereocenters. The highest BCUT2D eigenvalue weighted by Gasteiger charge is 2.07. The van der Waals surface area contributed by atoms with E-state index in [-0.39, 0.29) is 0 Å². The lowest BCUT2D eigenvalue weighted by Gasteiger charge is -2.12. The molecular weight excluding hydrogens is 120 g/mol. The van der Waals surface area contributed by atoms with Gasteiger partial charge < -0.3 is 0 Å². The molecule has 0 fully saturated rings. The Labute approximate surface area is 61.9 Å². The quantitative estimate of drug-likeness (QED) is 0.503. The van der Waals surface area contributed by atoms with Crippen LogP contribution >= 0.6 is 0 Å². The molecule has 0 bridgehead atoms. The van der Waals surface area contributed by atoms with Gasteiger partial charge in [-0.3, -0.25) is 0 Å². The summed E-state index contributed by atoms with van der Waals surface area (Å²) in [5.41, 5.74) is 2.43. The second-order valence-corrected chi connectivity index (χ2v) is 2.40. The Hall–Kier alpha value is -0.780. The third-order valence-corrected chi connectivity index (χ3v) is 1.68. The van der Waals surface area contributed by atoms with Gasteiger partial charge in [-0.25, -0.2) is 0 Å². The summed E-state index contributed by atoms with van der Waals surface area (Å²) in [5.74, 6) is 0. The van der Waals surface area contributed by atoms with Crippen LogP contribution in [0.4, 0.5) is 0 Å². The number of hydrogen-bond donors (Lipinski definition) is 0. The molecule has 0 unspecified atom stereocenters. The average Bonchev–Trinajstić information content (AvgIpc) is 2.05. The summed E-state index contributed by atoms with van der Waals surface area (Å²) in [6.07, 6.45) is 8.65. The van der Waals surface area contributed by atoms with E-state index in [1.807, 2.05) is 12.1 Å². The van der Waals surface area contributed by atoms with Crippen LogP contribution in [-0.2, 0) is 0 Å². The molecule has 0 aromatic heterocycles. The smallest absolute Gasteiger partial charge is 0.0168 e. The minimum atomic E-state index is 1.02. The van der Waals surface area contributed by atoms with Gasteiger partial charge in [0, 0.05) is 12.8 Å². The highest BCUT2D eigenvalue weighted by Crippen LogP contribution is 2.22. The molecule has 1 aromatic rings. The minimum Gasteiger partial charge on any atom is -0.0620 e. The predicted octanol–water partition coefficient (Wildman–Crippen LogP) is 2.34. The molecule has 1 aromatic carbocycles. The average molecular weight is 128 g/mol. The van der Waals surface area contributed by atoms with Crippen LogP contribution in [0.15, 0.2) is 24.3 Å². The van der Waals surface area contributed by atoms with Crippen molar-refractivity contribution in [1.82, 2.24) is 0 Å². The maximum absolute atomic E-state index is 3.30. The molecular formula is C10H8. The van der Waals surface area contributed by atoms with Crippen molar-refractivity contribution in [3.8, 4) is 0 Å². The summed E-state index contributed by atoms with van der Waals surface area (Å²) in [6.45, 7) is 0. The standard InChI is InChI=1S/C10H8/c1-2-6-10-8-4-3-7-9(10)5-1/h1-2,5-6H,3-4H2. The van der Waals surface area contributed by atoms with Gasteiger partial charge in [-0.15, -0.1) is 0 Å².